The molecule has 2 aliphatic rings. The van der Waals surface area contributed by atoms with Gasteiger partial charge in [0.2, 0.25) is 10.0 Å². The fraction of sp³-hybridized carbons (Fsp3) is 0.346. The summed E-state index contributed by atoms with van der Waals surface area (Å²) in [7, 11) is -3.43. The molecule has 0 saturated carbocycles. The molecule has 0 radical (unpaired) electrons. The van der Waals surface area contributed by atoms with E-state index < -0.39 is 21.7 Å². The Morgan fingerprint density at radius 1 is 0.972 bits per heavy atom. The molecule has 0 amide bonds. The van der Waals surface area contributed by atoms with E-state index >= 15 is 0 Å². The van der Waals surface area contributed by atoms with Crippen molar-refractivity contribution in [3.8, 4) is 11.1 Å². The highest BCUT2D eigenvalue weighted by Gasteiger charge is 2.21. The van der Waals surface area contributed by atoms with Crippen LogP contribution in [0.3, 0.4) is 0 Å². The molecule has 5 rings (SSSR count). The quantitative estimate of drug-likeness (QED) is 0.468. The molecule has 0 unspecified atom stereocenters. The fourth-order valence-electron chi connectivity index (χ4n) is 4.67. The number of fused-ring (bicyclic) bond motifs is 1. The number of halogens is 2. The zero-order valence-electron chi connectivity index (χ0n) is 19.9. The number of nitrogens with zero attached hydrogens (tertiary/aromatic N) is 3. The van der Waals surface area contributed by atoms with E-state index in [4.69, 9.17) is 0 Å². The third-order valence-electron chi connectivity index (χ3n) is 6.62. The van der Waals surface area contributed by atoms with Crippen molar-refractivity contribution in [2.45, 2.75) is 19.4 Å². The van der Waals surface area contributed by atoms with Crippen molar-refractivity contribution in [2.24, 2.45) is 0 Å². The van der Waals surface area contributed by atoms with Gasteiger partial charge in [-0.15, -0.1) is 0 Å². The zero-order valence-corrected chi connectivity index (χ0v) is 20.7. The van der Waals surface area contributed by atoms with Gasteiger partial charge in [0.15, 0.2) is 0 Å². The van der Waals surface area contributed by atoms with E-state index in [9.17, 15) is 17.2 Å². The Morgan fingerprint density at radius 2 is 1.75 bits per heavy atom. The van der Waals surface area contributed by atoms with Gasteiger partial charge in [-0.25, -0.2) is 22.2 Å². The summed E-state index contributed by atoms with van der Waals surface area (Å²) in [5.74, 6) is -0.165. The van der Waals surface area contributed by atoms with Crippen LogP contribution in [0.25, 0.3) is 11.1 Å². The topological polar surface area (TPSA) is 77.6 Å². The molecule has 10 heteroatoms. The van der Waals surface area contributed by atoms with Gasteiger partial charge in [0.05, 0.1) is 11.4 Å². The van der Waals surface area contributed by atoms with Gasteiger partial charge < -0.3 is 15.1 Å². The van der Waals surface area contributed by atoms with Crippen LogP contribution in [0, 0.1) is 11.6 Å². The van der Waals surface area contributed by atoms with E-state index in [1.165, 1.54) is 6.07 Å². The molecule has 2 aliphatic heterocycles. The summed E-state index contributed by atoms with van der Waals surface area (Å²) in [6.07, 6.45) is 4.00. The van der Waals surface area contributed by atoms with Gasteiger partial charge in [-0.05, 0) is 67.9 Å². The lowest BCUT2D eigenvalue weighted by Crippen LogP contribution is -2.34. The Hall–Kier alpha value is -3.24. The first-order valence-corrected chi connectivity index (χ1v) is 13.8. The molecule has 7 nitrogen and oxygen atoms in total. The van der Waals surface area contributed by atoms with Crippen LogP contribution in [0.1, 0.15) is 18.4 Å². The molecule has 36 heavy (non-hydrogen) atoms. The zero-order chi connectivity index (χ0) is 25.1. The average Bonchev–Trinajstić information content (AvgIpc) is 3.39. The molecule has 1 saturated heterocycles. The second-order valence-electron chi connectivity index (χ2n) is 9.22. The minimum atomic E-state index is -3.43. The summed E-state index contributed by atoms with van der Waals surface area (Å²) in [5, 5.41) is 3.25. The molecule has 1 fully saturated rings. The molecule has 0 spiro atoms. The average molecular weight is 514 g/mol. The van der Waals surface area contributed by atoms with Gasteiger partial charge >= 0.3 is 0 Å². The maximum absolute atomic E-state index is 14.3. The Morgan fingerprint density at radius 3 is 2.53 bits per heavy atom. The Kier molecular flexibility index (Phi) is 7.06. The number of sulfonamides is 1. The summed E-state index contributed by atoms with van der Waals surface area (Å²) >= 11 is 0. The first-order valence-electron chi connectivity index (χ1n) is 12.1. The monoisotopic (exact) mass is 513 g/mol. The lowest BCUT2D eigenvalue weighted by atomic mass is 10.1. The molecule has 1 aromatic heterocycles. The van der Waals surface area contributed by atoms with Gasteiger partial charge in [-0.3, -0.25) is 4.72 Å². The van der Waals surface area contributed by atoms with Crippen LogP contribution in [-0.2, 0) is 16.6 Å². The smallest absolute Gasteiger partial charge is 0.233 e. The molecule has 190 valence electrons. The normalized spacial score (nSPS) is 16.0. The third-order valence-corrected chi connectivity index (χ3v) is 7.88. The summed E-state index contributed by atoms with van der Waals surface area (Å²) in [6.45, 7) is 3.95. The van der Waals surface area contributed by atoms with E-state index in [1.807, 2.05) is 23.1 Å². The molecule has 2 aromatic carbocycles. The van der Waals surface area contributed by atoms with Crippen LogP contribution in [0.4, 0.5) is 26.0 Å². The van der Waals surface area contributed by atoms with Crippen molar-refractivity contribution < 1.29 is 17.2 Å². The van der Waals surface area contributed by atoms with Crippen LogP contribution in [0.5, 0.6) is 0 Å². The molecule has 0 bridgehead atoms. The molecule has 3 aromatic rings. The summed E-state index contributed by atoms with van der Waals surface area (Å²) in [4.78, 5) is 8.68. The Balaban J connectivity index is 1.30. The number of nitrogens with one attached hydrogen (secondary N) is 2. The summed E-state index contributed by atoms with van der Waals surface area (Å²) in [6, 6.07) is 12.6. The van der Waals surface area contributed by atoms with Crippen molar-refractivity contribution in [2.75, 3.05) is 53.4 Å². The predicted molar refractivity (Wildman–Crippen MR) is 139 cm³/mol. The van der Waals surface area contributed by atoms with Crippen molar-refractivity contribution in [1.29, 1.82) is 0 Å². The molecular formula is C26H29F2N5O2S. The van der Waals surface area contributed by atoms with Crippen LogP contribution in [-0.4, -0.2) is 56.8 Å². The maximum atomic E-state index is 14.3. The van der Waals surface area contributed by atoms with E-state index in [1.54, 1.807) is 18.3 Å². The van der Waals surface area contributed by atoms with Crippen molar-refractivity contribution in [3.05, 3.63) is 71.9 Å². The SMILES string of the molecule is O=S(=O)(CCN1CCCC1)Nc1ccc(-c2cnc3c(c2)N(Cc2cc(F)ccc2F)CCN3)cc1. The molecule has 3 heterocycles. The standard InChI is InChI=1S/C26H29F2N5O2S/c27-22-5-8-24(28)21(15-22)18-33-12-9-29-26-25(33)16-20(17-30-26)19-3-6-23(7-4-19)31-36(34,35)14-13-32-10-1-2-11-32/h3-8,15-17,31H,1-2,9-14,18H2,(H,29,30). The molecular weight excluding hydrogens is 484 g/mol. The van der Waals surface area contributed by atoms with Gasteiger partial charge in [0.25, 0.3) is 0 Å². The Labute approximate surface area is 210 Å². The number of aromatic nitrogens is 1. The fourth-order valence-corrected chi connectivity index (χ4v) is 5.76. The van der Waals surface area contributed by atoms with Crippen LogP contribution < -0.4 is 14.9 Å². The number of rotatable bonds is 8. The van der Waals surface area contributed by atoms with E-state index in [2.05, 4.69) is 19.9 Å². The predicted octanol–water partition coefficient (Wildman–Crippen LogP) is 4.30. The number of likely N-dealkylation sites (tertiary alicyclic amines) is 1. The van der Waals surface area contributed by atoms with E-state index in [-0.39, 0.29) is 17.9 Å². The lowest BCUT2D eigenvalue weighted by molar-refractivity contribution is 0.359. The maximum Gasteiger partial charge on any atom is 0.233 e. The number of hydrogen-bond acceptors (Lipinski definition) is 6. The third kappa shape index (κ3) is 5.76. The number of hydrogen-bond donors (Lipinski definition) is 2. The highest BCUT2D eigenvalue weighted by molar-refractivity contribution is 7.92. The summed E-state index contributed by atoms with van der Waals surface area (Å²) in [5.41, 5.74) is 3.30. The second kappa shape index (κ2) is 10.4. The molecule has 2 N–H and O–H groups in total. The van der Waals surface area contributed by atoms with Crippen molar-refractivity contribution in [3.63, 3.8) is 0 Å². The largest absolute Gasteiger partial charge is 0.367 e. The van der Waals surface area contributed by atoms with Gasteiger partial charge in [0.1, 0.15) is 17.5 Å². The Bertz CT molecular complexity index is 1330. The van der Waals surface area contributed by atoms with E-state index in [0.717, 1.165) is 54.9 Å². The van der Waals surface area contributed by atoms with E-state index in [0.29, 0.717) is 31.1 Å². The minimum Gasteiger partial charge on any atom is -0.367 e. The number of anilines is 3. The molecule has 0 aliphatic carbocycles. The minimum absolute atomic E-state index is 0.0677. The summed E-state index contributed by atoms with van der Waals surface area (Å²) < 4.78 is 55.6. The lowest BCUT2D eigenvalue weighted by Gasteiger charge is -2.32. The van der Waals surface area contributed by atoms with Gasteiger partial charge in [0, 0.05) is 49.2 Å². The van der Waals surface area contributed by atoms with Crippen molar-refractivity contribution >= 4 is 27.2 Å². The molecule has 0 atom stereocenters. The van der Waals surface area contributed by atoms with Gasteiger partial charge in [-0.1, -0.05) is 12.1 Å². The van der Waals surface area contributed by atoms with Crippen LogP contribution in [0.15, 0.2) is 54.7 Å². The van der Waals surface area contributed by atoms with Crippen LogP contribution in [0.2, 0.25) is 0 Å². The highest BCUT2D eigenvalue weighted by Crippen LogP contribution is 2.33. The second-order valence-corrected chi connectivity index (χ2v) is 11.1. The first-order chi connectivity index (χ1) is 17.4. The van der Waals surface area contributed by atoms with Crippen molar-refractivity contribution in [1.82, 2.24) is 9.88 Å². The highest BCUT2D eigenvalue weighted by atomic mass is 32.2. The van der Waals surface area contributed by atoms with Gasteiger partial charge in [-0.2, -0.15) is 0 Å². The van der Waals surface area contributed by atoms with Crippen LogP contribution >= 0.6 is 0 Å². The first kappa shape index (κ1) is 24.5. The number of pyridine rings is 1. The number of benzene rings is 2.